The predicted molar refractivity (Wildman–Crippen MR) is 93.6 cm³/mol. The van der Waals surface area contributed by atoms with Crippen molar-refractivity contribution in [3.05, 3.63) is 40.4 Å². The summed E-state index contributed by atoms with van der Waals surface area (Å²) in [6.45, 7) is 15.6. The van der Waals surface area contributed by atoms with E-state index in [4.69, 9.17) is 0 Å². The Morgan fingerprint density at radius 3 is 2.60 bits per heavy atom. The summed E-state index contributed by atoms with van der Waals surface area (Å²) < 4.78 is 1.17. The highest BCUT2D eigenvalue weighted by molar-refractivity contribution is 9.10. The van der Waals surface area contributed by atoms with Gasteiger partial charge in [0, 0.05) is 29.3 Å². The molecule has 0 saturated heterocycles. The highest BCUT2D eigenvalue weighted by atomic mass is 79.9. The summed E-state index contributed by atoms with van der Waals surface area (Å²) >= 11 is 3.71. The topological polar surface area (TPSA) is 15.3 Å². The molecule has 20 heavy (non-hydrogen) atoms. The summed E-state index contributed by atoms with van der Waals surface area (Å²) in [5.41, 5.74) is 3.74. The maximum absolute atomic E-state index is 4.01. The molecule has 1 N–H and O–H groups in total. The highest BCUT2D eigenvalue weighted by Crippen LogP contribution is 2.28. The summed E-state index contributed by atoms with van der Waals surface area (Å²) in [6, 6.07) is 7.01. The van der Waals surface area contributed by atoms with Crippen LogP contribution in [0.5, 0.6) is 0 Å². The number of likely N-dealkylation sites (N-methyl/N-ethyl adjacent to an activating group) is 1. The average molecular weight is 339 g/mol. The Labute approximate surface area is 132 Å². The molecule has 0 heterocycles. The van der Waals surface area contributed by atoms with Gasteiger partial charge in [0.05, 0.1) is 0 Å². The van der Waals surface area contributed by atoms with Gasteiger partial charge in [-0.05, 0) is 51.4 Å². The van der Waals surface area contributed by atoms with Crippen molar-refractivity contribution in [2.45, 2.75) is 40.2 Å². The van der Waals surface area contributed by atoms with Gasteiger partial charge in [-0.1, -0.05) is 41.1 Å². The van der Waals surface area contributed by atoms with Crippen molar-refractivity contribution in [3.63, 3.8) is 0 Å². The van der Waals surface area contributed by atoms with Crippen molar-refractivity contribution in [3.8, 4) is 0 Å². The van der Waals surface area contributed by atoms with Crippen molar-refractivity contribution < 1.29 is 0 Å². The molecule has 1 rings (SSSR count). The Morgan fingerprint density at radius 2 is 2.10 bits per heavy atom. The van der Waals surface area contributed by atoms with Crippen LogP contribution in [0.2, 0.25) is 0 Å². The van der Waals surface area contributed by atoms with Gasteiger partial charge in [0.1, 0.15) is 0 Å². The number of nitrogens with one attached hydrogen (secondary N) is 1. The van der Waals surface area contributed by atoms with Gasteiger partial charge in [-0.2, -0.15) is 0 Å². The largest absolute Gasteiger partial charge is 0.368 e. The van der Waals surface area contributed by atoms with Crippen LogP contribution in [0, 0.1) is 0 Å². The zero-order chi connectivity index (χ0) is 15.1. The number of halogens is 1. The summed E-state index contributed by atoms with van der Waals surface area (Å²) in [4.78, 5) is 2.33. The maximum Gasteiger partial charge on any atom is 0.0383 e. The first-order chi connectivity index (χ1) is 9.49. The lowest BCUT2D eigenvalue weighted by atomic mass is 10.1. The fourth-order valence-corrected chi connectivity index (χ4v) is 2.96. The van der Waals surface area contributed by atoms with Gasteiger partial charge in [0.25, 0.3) is 0 Å². The van der Waals surface area contributed by atoms with E-state index in [-0.39, 0.29) is 0 Å². The van der Waals surface area contributed by atoms with E-state index in [2.05, 4.69) is 78.6 Å². The molecule has 1 aromatic carbocycles. The number of hydrogen-bond acceptors (Lipinski definition) is 2. The van der Waals surface area contributed by atoms with Crippen LogP contribution in [0.4, 0.5) is 5.69 Å². The maximum atomic E-state index is 4.01. The normalized spacial score (nSPS) is 12.2. The van der Waals surface area contributed by atoms with Gasteiger partial charge < -0.3 is 10.2 Å². The van der Waals surface area contributed by atoms with Crippen LogP contribution in [0.3, 0.4) is 0 Å². The van der Waals surface area contributed by atoms with Crippen LogP contribution in [-0.2, 0) is 0 Å². The van der Waals surface area contributed by atoms with E-state index >= 15 is 0 Å². The fraction of sp³-hybridized carbons (Fsp3) is 0.529. The molecule has 0 spiro atoms. The Bertz CT molecular complexity index is 443. The molecule has 0 aliphatic heterocycles. The van der Waals surface area contributed by atoms with E-state index < -0.39 is 0 Å². The second-order valence-corrected chi connectivity index (χ2v) is 6.21. The van der Waals surface area contributed by atoms with Crippen LogP contribution in [0.15, 0.2) is 34.8 Å². The molecule has 2 nitrogen and oxygen atoms in total. The lowest BCUT2D eigenvalue weighted by Gasteiger charge is -2.25. The summed E-state index contributed by atoms with van der Waals surface area (Å²) in [7, 11) is 0. The molecule has 0 bridgehead atoms. The van der Waals surface area contributed by atoms with Crippen LogP contribution in [0.25, 0.3) is 0 Å². The van der Waals surface area contributed by atoms with Crippen LogP contribution >= 0.6 is 15.9 Å². The molecule has 0 aliphatic carbocycles. The van der Waals surface area contributed by atoms with Crippen molar-refractivity contribution in [1.82, 2.24) is 5.32 Å². The van der Waals surface area contributed by atoms with Crippen molar-refractivity contribution in [2.75, 3.05) is 24.5 Å². The molecule has 0 radical (unpaired) electrons. The molecule has 0 amide bonds. The molecule has 1 aromatic rings. The van der Waals surface area contributed by atoms with E-state index in [0.29, 0.717) is 6.04 Å². The zero-order valence-electron chi connectivity index (χ0n) is 13.2. The summed E-state index contributed by atoms with van der Waals surface area (Å²) in [6.07, 6.45) is 1.16. The van der Waals surface area contributed by atoms with Gasteiger partial charge in [0.15, 0.2) is 0 Å². The average Bonchev–Trinajstić information content (AvgIpc) is 2.41. The lowest BCUT2D eigenvalue weighted by molar-refractivity contribution is 0.569. The van der Waals surface area contributed by atoms with Gasteiger partial charge in [-0.15, -0.1) is 0 Å². The van der Waals surface area contributed by atoms with Crippen molar-refractivity contribution in [1.29, 1.82) is 0 Å². The predicted octanol–water partition coefficient (Wildman–Crippen LogP) is 4.91. The molecular weight excluding hydrogens is 312 g/mol. The quantitative estimate of drug-likeness (QED) is 0.677. The second kappa shape index (κ2) is 8.48. The third-order valence-electron chi connectivity index (χ3n) is 3.36. The van der Waals surface area contributed by atoms with Crippen LogP contribution in [0.1, 0.15) is 45.7 Å². The summed E-state index contributed by atoms with van der Waals surface area (Å²) in [5, 5.41) is 3.53. The molecule has 1 unspecified atom stereocenters. The van der Waals surface area contributed by atoms with E-state index in [0.717, 1.165) is 26.1 Å². The molecular formula is C17H27BrN2. The van der Waals surface area contributed by atoms with Gasteiger partial charge in [-0.25, -0.2) is 0 Å². The Hall–Kier alpha value is -0.800. The number of rotatable bonds is 8. The monoisotopic (exact) mass is 338 g/mol. The third kappa shape index (κ3) is 4.95. The van der Waals surface area contributed by atoms with E-state index in [1.807, 2.05) is 0 Å². The molecule has 3 heteroatoms. The number of benzene rings is 1. The highest BCUT2D eigenvalue weighted by Gasteiger charge is 2.11. The standard InChI is InChI=1S/C17H27BrN2/c1-6-10-19-14(5)16-9-8-15(11-17(16)18)20(7-2)12-13(3)4/h8-9,11,14,19H,3,6-7,10,12H2,1-2,4-5H3. The first kappa shape index (κ1) is 17.3. The van der Waals surface area contributed by atoms with Crippen molar-refractivity contribution in [2.24, 2.45) is 0 Å². The second-order valence-electron chi connectivity index (χ2n) is 5.35. The Balaban J connectivity index is 2.88. The van der Waals surface area contributed by atoms with E-state index in [1.165, 1.54) is 21.3 Å². The van der Waals surface area contributed by atoms with Gasteiger partial charge in [0.2, 0.25) is 0 Å². The molecule has 112 valence electrons. The molecule has 0 fully saturated rings. The molecule has 0 aliphatic rings. The van der Waals surface area contributed by atoms with Crippen molar-refractivity contribution >= 4 is 21.6 Å². The Morgan fingerprint density at radius 1 is 1.40 bits per heavy atom. The number of anilines is 1. The minimum Gasteiger partial charge on any atom is -0.368 e. The zero-order valence-corrected chi connectivity index (χ0v) is 14.8. The first-order valence-corrected chi connectivity index (χ1v) is 8.21. The molecule has 0 saturated carbocycles. The minimum absolute atomic E-state index is 0.370. The molecule has 1 atom stereocenters. The summed E-state index contributed by atoms with van der Waals surface area (Å²) in [5.74, 6) is 0. The number of hydrogen-bond donors (Lipinski definition) is 1. The first-order valence-electron chi connectivity index (χ1n) is 7.41. The van der Waals surface area contributed by atoms with Crippen LogP contribution < -0.4 is 10.2 Å². The molecule has 0 aromatic heterocycles. The minimum atomic E-state index is 0.370. The van der Waals surface area contributed by atoms with Gasteiger partial charge >= 0.3 is 0 Å². The third-order valence-corrected chi connectivity index (χ3v) is 4.05. The number of nitrogens with zero attached hydrogens (tertiary/aromatic N) is 1. The fourth-order valence-electron chi connectivity index (χ4n) is 2.25. The lowest BCUT2D eigenvalue weighted by Crippen LogP contribution is -2.24. The Kier molecular flexibility index (Phi) is 7.31. The van der Waals surface area contributed by atoms with E-state index in [9.17, 15) is 0 Å². The van der Waals surface area contributed by atoms with E-state index in [1.54, 1.807) is 0 Å². The van der Waals surface area contributed by atoms with Crippen LogP contribution in [-0.4, -0.2) is 19.6 Å². The smallest absolute Gasteiger partial charge is 0.0383 e. The SMILES string of the molecule is C=C(C)CN(CC)c1ccc(C(C)NCCC)c(Br)c1. The van der Waals surface area contributed by atoms with Gasteiger partial charge in [-0.3, -0.25) is 0 Å².